The number of fused-ring (bicyclic) bond motifs is 1. The topological polar surface area (TPSA) is 30.7 Å². The summed E-state index contributed by atoms with van der Waals surface area (Å²) in [5, 5.41) is 1.08. The highest BCUT2D eigenvalue weighted by Crippen LogP contribution is 2.21. The molecule has 1 aliphatic carbocycles. The van der Waals surface area contributed by atoms with Crippen LogP contribution in [0.5, 0.6) is 0 Å². The van der Waals surface area contributed by atoms with Gasteiger partial charge in [-0.05, 0) is 25.1 Å². The predicted octanol–water partition coefficient (Wildman–Crippen LogP) is 2.15. The molecule has 2 aromatic heterocycles. The van der Waals surface area contributed by atoms with Gasteiger partial charge in [-0.2, -0.15) is 0 Å². The number of aromatic nitrogens is 3. The van der Waals surface area contributed by atoms with E-state index in [4.69, 9.17) is 0 Å². The lowest BCUT2D eigenvalue weighted by atomic mass is 10.2. The third kappa shape index (κ3) is 0.923. The molecule has 0 aliphatic heterocycles. The zero-order valence-electron chi connectivity index (χ0n) is 7.81. The van der Waals surface area contributed by atoms with Gasteiger partial charge >= 0.3 is 0 Å². The van der Waals surface area contributed by atoms with Crippen LogP contribution in [0.3, 0.4) is 0 Å². The van der Waals surface area contributed by atoms with E-state index in [0.29, 0.717) is 0 Å². The maximum Gasteiger partial charge on any atom is 0.148 e. The average molecular weight is 183 g/mol. The second-order valence-electron chi connectivity index (χ2n) is 3.33. The molecule has 1 aliphatic rings. The van der Waals surface area contributed by atoms with Crippen LogP contribution in [-0.2, 0) is 0 Å². The molecule has 0 radical (unpaired) electrons. The Balaban J connectivity index is 2.29. The molecule has 2 aromatic rings. The van der Waals surface area contributed by atoms with E-state index in [9.17, 15) is 0 Å². The summed E-state index contributed by atoms with van der Waals surface area (Å²) in [5.74, 6) is 0.807. The summed E-state index contributed by atoms with van der Waals surface area (Å²) in [5.41, 5.74) is 2.16. The van der Waals surface area contributed by atoms with Crippen molar-refractivity contribution < 1.29 is 0 Å². The summed E-state index contributed by atoms with van der Waals surface area (Å²) in [6.45, 7) is 1.90. The van der Waals surface area contributed by atoms with Crippen LogP contribution in [0.2, 0.25) is 0 Å². The third-order valence-corrected chi connectivity index (χ3v) is 2.36. The molecule has 0 spiro atoms. The molecule has 0 fully saturated rings. The summed E-state index contributed by atoms with van der Waals surface area (Å²) in [7, 11) is 0. The Morgan fingerprint density at radius 2 is 2.21 bits per heavy atom. The fourth-order valence-corrected chi connectivity index (χ4v) is 1.55. The second-order valence-corrected chi connectivity index (χ2v) is 3.33. The van der Waals surface area contributed by atoms with Gasteiger partial charge in [-0.1, -0.05) is 6.08 Å². The highest BCUT2D eigenvalue weighted by molar-refractivity contribution is 5.82. The van der Waals surface area contributed by atoms with E-state index in [1.54, 1.807) is 0 Å². The van der Waals surface area contributed by atoms with Crippen molar-refractivity contribution >= 4 is 16.7 Å². The first kappa shape index (κ1) is 7.50. The molecule has 3 rings (SSSR count). The van der Waals surface area contributed by atoms with Gasteiger partial charge in [0.1, 0.15) is 11.5 Å². The van der Waals surface area contributed by atoms with Gasteiger partial charge in [0.15, 0.2) is 0 Å². The molecule has 0 atom stereocenters. The number of nitrogens with zero attached hydrogens (tertiary/aromatic N) is 3. The first-order valence-electron chi connectivity index (χ1n) is 4.54. The lowest BCUT2D eigenvalue weighted by Crippen LogP contribution is -1.99. The fraction of sp³-hybridized carbons (Fsp3) is 0.0909. The van der Waals surface area contributed by atoms with Gasteiger partial charge in [0.25, 0.3) is 0 Å². The minimum atomic E-state index is 0.807. The maximum atomic E-state index is 4.42. The number of aryl methyl sites for hydroxylation is 1. The Morgan fingerprint density at radius 1 is 1.36 bits per heavy atom. The first-order valence-corrected chi connectivity index (χ1v) is 4.54. The van der Waals surface area contributed by atoms with Crippen molar-refractivity contribution in [1.29, 1.82) is 0 Å². The van der Waals surface area contributed by atoms with E-state index in [1.807, 2.05) is 31.5 Å². The Kier molecular flexibility index (Phi) is 1.36. The van der Waals surface area contributed by atoms with Crippen LogP contribution in [0.25, 0.3) is 16.7 Å². The number of hydrogen-bond donors (Lipinski definition) is 0. The van der Waals surface area contributed by atoms with Crippen LogP contribution < -0.4 is 0 Å². The van der Waals surface area contributed by atoms with Crippen molar-refractivity contribution in [2.45, 2.75) is 6.92 Å². The van der Waals surface area contributed by atoms with Gasteiger partial charge in [-0.25, -0.2) is 9.97 Å². The quantitative estimate of drug-likeness (QED) is 0.678. The lowest BCUT2D eigenvalue weighted by Gasteiger charge is -2.09. The zero-order chi connectivity index (χ0) is 9.54. The minimum absolute atomic E-state index is 0.807. The Labute approximate surface area is 81.4 Å². The van der Waals surface area contributed by atoms with E-state index >= 15 is 0 Å². The lowest BCUT2D eigenvalue weighted by molar-refractivity contribution is 1.04. The molecule has 68 valence electrons. The SMILES string of the molecule is Cc1ncc2ccn(C3=CC=C3)c2n1. The Morgan fingerprint density at radius 3 is 2.93 bits per heavy atom. The molecule has 2 heterocycles. The van der Waals surface area contributed by atoms with E-state index in [1.165, 1.54) is 5.70 Å². The van der Waals surface area contributed by atoms with Gasteiger partial charge in [-0.3, -0.25) is 0 Å². The zero-order valence-corrected chi connectivity index (χ0v) is 7.81. The molecule has 0 aromatic carbocycles. The number of hydrogen-bond acceptors (Lipinski definition) is 2. The van der Waals surface area contributed by atoms with Crippen molar-refractivity contribution in [2.75, 3.05) is 0 Å². The van der Waals surface area contributed by atoms with Crippen molar-refractivity contribution in [3.8, 4) is 0 Å². The number of rotatable bonds is 1. The molecule has 14 heavy (non-hydrogen) atoms. The van der Waals surface area contributed by atoms with E-state index in [0.717, 1.165) is 16.9 Å². The molecule has 0 amide bonds. The molecular weight excluding hydrogens is 174 g/mol. The van der Waals surface area contributed by atoms with Gasteiger partial charge in [0.2, 0.25) is 0 Å². The molecule has 3 heteroatoms. The molecule has 0 bridgehead atoms. The van der Waals surface area contributed by atoms with Crippen molar-refractivity contribution in [3.05, 3.63) is 42.5 Å². The molecular formula is C11H9N3. The summed E-state index contributed by atoms with van der Waals surface area (Å²) in [4.78, 5) is 8.58. The van der Waals surface area contributed by atoms with Crippen LogP contribution in [0, 0.1) is 6.92 Å². The minimum Gasteiger partial charge on any atom is -0.301 e. The van der Waals surface area contributed by atoms with Crippen molar-refractivity contribution in [2.24, 2.45) is 0 Å². The van der Waals surface area contributed by atoms with Gasteiger partial charge in [0, 0.05) is 23.5 Å². The second kappa shape index (κ2) is 2.54. The Bertz CT molecular complexity index is 561. The highest BCUT2D eigenvalue weighted by atomic mass is 15.1. The Hall–Kier alpha value is -1.90. The summed E-state index contributed by atoms with van der Waals surface area (Å²) < 4.78 is 2.07. The average Bonchev–Trinajstić information content (AvgIpc) is 2.46. The molecule has 0 saturated heterocycles. The normalized spacial score (nSPS) is 14.2. The predicted molar refractivity (Wildman–Crippen MR) is 55.7 cm³/mol. The largest absolute Gasteiger partial charge is 0.301 e. The van der Waals surface area contributed by atoms with Crippen molar-refractivity contribution in [3.63, 3.8) is 0 Å². The molecule has 0 N–H and O–H groups in total. The van der Waals surface area contributed by atoms with Crippen LogP contribution in [0.15, 0.2) is 36.7 Å². The van der Waals surface area contributed by atoms with Gasteiger partial charge < -0.3 is 4.57 Å². The monoisotopic (exact) mass is 183 g/mol. The van der Waals surface area contributed by atoms with Gasteiger partial charge in [-0.15, -0.1) is 0 Å². The van der Waals surface area contributed by atoms with Crippen LogP contribution >= 0.6 is 0 Å². The molecule has 0 saturated carbocycles. The van der Waals surface area contributed by atoms with E-state index < -0.39 is 0 Å². The summed E-state index contributed by atoms with van der Waals surface area (Å²) in [6, 6.07) is 2.03. The van der Waals surface area contributed by atoms with E-state index in [-0.39, 0.29) is 0 Å². The molecule has 0 unspecified atom stereocenters. The third-order valence-electron chi connectivity index (χ3n) is 2.36. The fourth-order valence-electron chi connectivity index (χ4n) is 1.55. The smallest absolute Gasteiger partial charge is 0.148 e. The van der Waals surface area contributed by atoms with E-state index in [2.05, 4.69) is 26.7 Å². The highest BCUT2D eigenvalue weighted by Gasteiger charge is 2.07. The van der Waals surface area contributed by atoms with Crippen LogP contribution in [0.1, 0.15) is 5.82 Å². The number of allylic oxidation sites excluding steroid dienone is 4. The van der Waals surface area contributed by atoms with Crippen LogP contribution in [-0.4, -0.2) is 14.5 Å². The van der Waals surface area contributed by atoms with Gasteiger partial charge in [0.05, 0.1) is 0 Å². The standard InChI is InChI=1S/C11H9N3/c1-8-12-7-9-5-6-14(11(9)13-8)10-3-2-4-10/h2-7H,1H3. The summed E-state index contributed by atoms with van der Waals surface area (Å²) >= 11 is 0. The summed E-state index contributed by atoms with van der Waals surface area (Å²) in [6.07, 6.45) is 10.0. The first-order chi connectivity index (χ1) is 6.84. The van der Waals surface area contributed by atoms with Crippen LogP contribution in [0.4, 0.5) is 0 Å². The maximum absolute atomic E-state index is 4.42. The van der Waals surface area contributed by atoms with Crippen molar-refractivity contribution in [1.82, 2.24) is 14.5 Å². The molecule has 3 nitrogen and oxygen atoms in total.